The summed E-state index contributed by atoms with van der Waals surface area (Å²) in [6, 6.07) is 3.80. The highest BCUT2D eigenvalue weighted by Gasteiger charge is 2.30. The van der Waals surface area contributed by atoms with Gasteiger partial charge in [0.25, 0.3) is 0 Å². The molecular weight excluding hydrogens is 319 g/mol. The molecular formula is C16H13FN2O3S. The van der Waals surface area contributed by atoms with Crippen molar-refractivity contribution in [3.8, 4) is 5.69 Å². The minimum absolute atomic E-state index is 0.0363. The summed E-state index contributed by atoms with van der Waals surface area (Å²) < 4.78 is 39.2. The van der Waals surface area contributed by atoms with Crippen molar-refractivity contribution in [3.63, 3.8) is 0 Å². The van der Waals surface area contributed by atoms with Crippen molar-refractivity contribution in [2.45, 2.75) is 24.2 Å². The van der Waals surface area contributed by atoms with Crippen LogP contribution in [0.2, 0.25) is 0 Å². The smallest absolute Gasteiger partial charge is 0.192 e. The minimum atomic E-state index is -3.59. The van der Waals surface area contributed by atoms with E-state index in [1.165, 1.54) is 22.9 Å². The second-order valence-corrected chi connectivity index (χ2v) is 7.50. The summed E-state index contributed by atoms with van der Waals surface area (Å²) in [7, 11) is -3.59. The Morgan fingerprint density at radius 1 is 1.26 bits per heavy atom. The van der Waals surface area contributed by atoms with Crippen molar-refractivity contribution >= 4 is 21.3 Å². The quantitative estimate of drug-likeness (QED) is 0.794. The number of Topliss-reactive ketones (excluding diaryl/α,β-unsaturated/α-hetero) is 1. The van der Waals surface area contributed by atoms with Crippen molar-refractivity contribution in [2.75, 3.05) is 6.26 Å². The lowest BCUT2D eigenvalue weighted by atomic mass is 9.96. The Morgan fingerprint density at radius 2 is 2.00 bits per heavy atom. The Hall–Kier alpha value is -2.46. The summed E-state index contributed by atoms with van der Waals surface area (Å²) in [5.41, 5.74) is 1.22. The molecule has 0 fully saturated rings. The number of aromatic nitrogens is 1. The molecule has 23 heavy (non-hydrogen) atoms. The molecule has 3 rings (SSSR count). The first-order chi connectivity index (χ1) is 10.8. The highest BCUT2D eigenvalue weighted by molar-refractivity contribution is 7.90. The predicted octanol–water partition coefficient (Wildman–Crippen LogP) is 3.09. The summed E-state index contributed by atoms with van der Waals surface area (Å²) in [5.74, 6) is -0.800. The van der Waals surface area contributed by atoms with Crippen molar-refractivity contribution in [3.05, 3.63) is 52.9 Å². The molecule has 2 aromatic rings. The van der Waals surface area contributed by atoms with Crippen LogP contribution in [0.25, 0.3) is 10.5 Å². The first-order valence-electron chi connectivity index (χ1n) is 6.97. The van der Waals surface area contributed by atoms with Crippen LogP contribution in [0.5, 0.6) is 0 Å². The van der Waals surface area contributed by atoms with E-state index in [0.717, 1.165) is 12.3 Å². The average molecular weight is 332 g/mol. The first-order valence-corrected chi connectivity index (χ1v) is 8.86. The zero-order valence-corrected chi connectivity index (χ0v) is 13.2. The van der Waals surface area contributed by atoms with Crippen LogP contribution in [0.3, 0.4) is 0 Å². The maximum absolute atomic E-state index is 13.7. The van der Waals surface area contributed by atoms with Gasteiger partial charge in [-0.15, -0.1) is 0 Å². The number of hydrogen-bond acceptors (Lipinski definition) is 3. The normalized spacial score (nSPS) is 14.4. The van der Waals surface area contributed by atoms with E-state index in [1.54, 1.807) is 0 Å². The zero-order valence-electron chi connectivity index (χ0n) is 12.3. The molecule has 0 N–H and O–H groups in total. The fourth-order valence-corrected chi connectivity index (χ4v) is 3.78. The number of hydrogen-bond donors (Lipinski definition) is 0. The monoisotopic (exact) mass is 332 g/mol. The average Bonchev–Trinajstić information content (AvgIpc) is 2.87. The summed E-state index contributed by atoms with van der Waals surface area (Å²) in [5, 5.41) is 0. The molecule has 0 saturated carbocycles. The van der Waals surface area contributed by atoms with Crippen LogP contribution in [-0.4, -0.2) is 25.0 Å². The lowest BCUT2D eigenvalue weighted by Crippen LogP contribution is -2.14. The van der Waals surface area contributed by atoms with Gasteiger partial charge in [0, 0.05) is 30.3 Å². The van der Waals surface area contributed by atoms with E-state index >= 15 is 0 Å². The maximum atomic E-state index is 13.7. The Balaban J connectivity index is 2.32. The highest BCUT2D eigenvalue weighted by atomic mass is 32.2. The molecule has 0 saturated heterocycles. The number of sulfone groups is 1. The van der Waals surface area contributed by atoms with E-state index in [1.807, 2.05) is 0 Å². The number of halogens is 1. The predicted molar refractivity (Wildman–Crippen MR) is 82.4 cm³/mol. The number of carbonyl (C=O) groups is 1. The van der Waals surface area contributed by atoms with E-state index in [0.29, 0.717) is 30.6 Å². The molecule has 1 aliphatic rings. The summed E-state index contributed by atoms with van der Waals surface area (Å²) in [4.78, 5) is 15.4. The van der Waals surface area contributed by atoms with Gasteiger partial charge in [-0.05, 0) is 31.0 Å². The SMILES string of the molecule is [C-]#[N+]c1cc(F)cc(-n2cc(S(C)(=O)=O)c3c2CCCC3=O)c1. The summed E-state index contributed by atoms with van der Waals surface area (Å²) in [6.45, 7) is 7.02. The second-order valence-electron chi connectivity index (χ2n) is 5.51. The van der Waals surface area contributed by atoms with Crippen LogP contribution in [-0.2, 0) is 16.3 Å². The topological polar surface area (TPSA) is 60.5 Å². The molecule has 0 radical (unpaired) electrons. The number of nitrogens with zero attached hydrogens (tertiary/aromatic N) is 2. The Morgan fingerprint density at radius 3 is 2.65 bits per heavy atom. The van der Waals surface area contributed by atoms with Crippen LogP contribution in [0.15, 0.2) is 29.3 Å². The van der Waals surface area contributed by atoms with E-state index in [4.69, 9.17) is 6.57 Å². The van der Waals surface area contributed by atoms with Gasteiger partial charge in [0.2, 0.25) is 0 Å². The zero-order chi connectivity index (χ0) is 16.8. The van der Waals surface area contributed by atoms with E-state index in [2.05, 4.69) is 4.85 Å². The molecule has 7 heteroatoms. The Labute approximate surface area is 133 Å². The van der Waals surface area contributed by atoms with Gasteiger partial charge in [-0.1, -0.05) is 0 Å². The molecule has 1 aromatic carbocycles. The Kier molecular flexibility index (Phi) is 3.57. The maximum Gasteiger partial charge on any atom is 0.192 e. The molecule has 118 valence electrons. The third kappa shape index (κ3) is 2.66. The van der Waals surface area contributed by atoms with Gasteiger partial charge >= 0.3 is 0 Å². The van der Waals surface area contributed by atoms with Crippen LogP contribution in [0.4, 0.5) is 10.1 Å². The number of carbonyl (C=O) groups excluding carboxylic acids is 1. The van der Waals surface area contributed by atoms with Gasteiger partial charge in [-0.2, -0.15) is 0 Å². The van der Waals surface area contributed by atoms with Crippen LogP contribution in [0.1, 0.15) is 28.9 Å². The first kappa shape index (κ1) is 15.4. The molecule has 0 unspecified atom stereocenters. The van der Waals surface area contributed by atoms with Crippen LogP contribution >= 0.6 is 0 Å². The fraction of sp³-hybridized carbons (Fsp3) is 0.250. The van der Waals surface area contributed by atoms with Crippen LogP contribution < -0.4 is 0 Å². The largest absolute Gasteiger partial charge is 0.320 e. The Bertz CT molecular complexity index is 968. The summed E-state index contributed by atoms with van der Waals surface area (Å²) >= 11 is 0. The third-order valence-electron chi connectivity index (χ3n) is 3.84. The lowest BCUT2D eigenvalue weighted by molar-refractivity contribution is 0.0969. The van der Waals surface area contributed by atoms with Gasteiger partial charge in [0.15, 0.2) is 21.3 Å². The second kappa shape index (κ2) is 5.32. The molecule has 0 aliphatic heterocycles. The van der Waals surface area contributed by atoms with Crippen molar-refractivity contribution in [2.24, 2.45) is 0 Å². The van der Waals surface area contributed by atoms with E-state index < -0.39 is 15.7 Å². The molecule has 1 aliphatic carbocycles. The molecule has 0 amide bonds. The molecule has 1 aromatic heterocycles. The minimum Gasteiger partial charge on any atom is -0.320 e. The molecule has 5 nitrogen and oxygen atoms in total. The summed E-state index contributed by atoms with van der Waals surface area (Å²) in [6.07, 6.45) is 3.84. The molecule has 0 spiro atoms. The van der Waals surface area contributed by atoms with E-state index in [9.17, 15) is 17.6 Å². The van der Waals surface area contributed by atoms with Gasteiger partial charge in [0.05, 0.1) is 17.0 Å². The molecule has 0 atom stereocenters. The molecule has 0 bridgehead atoms. The standard InChI is InChI=1S/C16H13FN2O3S/c1-18-11-6-10(17)7-12(8-11)19-9-15(23(2,21)22)16-13(19)4-3-5-14(16)20/h6-9H,3-5H2,2H3. The van der Waals surface area contributed by atoms with Crippen molar-refractivity contribution in [1.29, 1.82) is 0 Å². The van der Waals surface area contributed by atoms with Gasteiger partial charge < -0.3 is 4.57 Å². The van der Waals surface area contributed by atoms with Crippen molar-refractivity contribution in [1.82, 2.24) is 4.57 Å². The lowest BCUT2D eigenvalue weighted by Gasteiger charge is -2.15. The van der Waals surface area contributed by atoms with E-state index in [-0.39, 0.29) is 21.9 Å². The number of fused-ring (bicyclic) bond motifs is 1. The number of rotatable bonds is 2. The van der Waals surface area contributed by atoms with Crippen LogP contribution in [0, 0.1) is 12.4 Å². The van der Waals surface area contributed by atoms with Gasteiger partial charge in [-0.25, -0.2) is 17.7 Å². The number of benzene rings is 1. The number of ketones is 1. The molecule has 1 heterocycles. The van der Waals surface area contributed by atoms with Gasteiger partial charge in [-0.3, -0.25) is 4.79 Å². The highest BCUT2D eigenvalue weighted by Crippen LogP contribution is 2.32. The third-order valence-corrected chi connectivity index (χ3v) is 4.95. The van der Waals surface area contributed by atoms with Crippen molar-refractivity contribution < 1.29 is 17.6 Å². The van der Waals surface area contributed by atoms with Gasteiger partial charge in [0.1, 0.15) is 5.82 Å². The fourth-order valence-electron chi connectivity index (χ4n) is 2.88.